The van der Waals surface area contributed by atoms with E-state index in [9.17, 15) is 4.79 Å². The number of nitrogens with one attached hydrogen (secondary N) is 2. The number of ether oxygens (including phenoxy) is 1. The topological polar surface area (TPSA) is 79.4 Å². The molecule has 1 aliphatic carbocycles. The van der Waals surface area contributed by atoms with Gasteiger partial charge in [-0.1, -0.05) is 42.5 Å². The van der Waals surface area contributed by atoms with Crippen molar-refractivity contribution in [3.8, 4) is 0 Å². The van der Waals surface area contributed by atoms with Crippen LogP contribution in [0.2, 0.25) is 0 Å². The van der Waals surface area contributed by atoms with E-state index in [1.165, 1.54) is 0 Å². The highest BCUT2D eigenvalue weighted by molar-refractivity contribution is 5.90. The second kappa shape index (κ2) is 11.1. The second-order valence-electron chi connectivity index (χ2n) is 8.93. The molecule has 1 heterocycles. The van der Waals surface area contributed by atoms with Crippen molar-refractivity contribution < 1.29 is 9.53 Å². The second-order valence-corrected chi connectivity index (χ2v) is 8.93. The summed E-state index contributed by atoms with van der Waals surface area (Å²) in [5.41, 5.74) is 2.02. The molecule has 0 aliphatic heterocycles. The molecule has 2 aromatic carbocycles. The molecule has 7 nitrogen and oxygen atoms in total. The number of amides is 1. The number of hydrogen-bond donors (Lipinski definition) is 2. The molecule has 174 valence electrons. The summed E-state index contributed by atoms with van der Waals surface area (Å²) in [6.45, 7) is 1.26. The lowest BCUT2D eigenvalue weighted by Crippen LogP contribution is -2.35. The van der Waals surface area contributed by atoms with Crippen molar-refractivity contribution in [2.24, 2.45) is 5.92 Å². The third-order valence-corrected chi connectivity index (χ3v) is 6.12. The average Bonchev–Trinajstić information content (AvgIpc) is 2.84. The van der Waals surface area contributed by atoms with E-state index in [0.29, 0.717) is 31.1 Å². The van der Waals surface area contributed by atoms with Crippen molar-refractivity contribution in [2.75, 3.05) is 37.5 Å². The van der Waals surface area contributed by atoms with Crippen LogP contribution in [0.4, 0.5) is 11.8 Å². The fourth-order valence-electron chi connectivity index (χ4n) is 4.30. The summed E-state index contributed by atoms with van der Waals surface area (Å²) in [6, 6.07) is 18.3. The zero-order valence-corrected chi connectivity index (χ0v) is 19.5. The Hall–Kier alpha value is -3.19. The molecular formula is C26H33N5O2. The minimum atomic E-state index is -0.0491. The van der Waals surface area contributed by atoms with Gasteiger partial charge in [0.1, 0.15) is 12.4 Å². The summed E-state index contributed by atoms with van der Waals surface area (Å²) in [5.74, 6) is 2.06. The summed E-state index contributed by atoms with van der Waals surface area (Å²) < 4.78 is 5.52. The lowest BCUT2D eigenvalue weighted by Gasteiger charge is -2.29. The maximum Gasteiger partial charge on any atom is 0.246 e. The molecule has 0 atom stereocenters. The van der Waals surface area contributed by atoms with Crippen LogP contribution < -0.4 is 15.5 Å². The zero-order chi connectivity index (χ0) is 23.0. The number of hydrogen-bond acceptors (Lipinski definition) is 6. The van der Waals surface area contributed by atoms with Gasteiger partial charge in [-0.2, -0.15) is 4.98 Å². The minimum Gasteiger partial charge on any atom is -0.367 e. The number of para-hydroxylation sites is 1. The smallest absolute Gasteiger partial charge is 0.246 e. The average molecular weight is 448 g/mol. The van der Waals surface area contributed by atoms with Crippen molar-refractivity contribution in [3.05, 3.63) is 60.2 Å². The van der Waals surface area contributed by atoms with Gasteiger partial charge in [0.15, 0.2) is 0 Å². The molecule has 0 radical (unpaired) electrons. The van der Waals surface area contributed by atoms with Crippen LogP contribution in [0.1, 0.15) is 31.2 Å². The number of aromatic nitrogens is 2. The van der Waals surface area contributed by atoms with Crippen molar-refractivity contribution >= 4 is 28.6 Å². The number of fused-ring (bicyclic) bond motifs is 1. The molecule has 0 spiro atoms. The van der Waals surface area contributed by atoms with Gasteiger partial charge in [-0.3, -0.25) is 4.79 Å². The molecule has 4 rings (SSSR count). The van der Waals surface area contributed by atoms with Gasteiger partial charge in [0.05, 0.1) is 12.1 Å². The van der Waals surface area contributed by atoms with E-state index in [0.717, 1.165) is 48.0 Å². The first-order valence-electron chi connectivity index (χ1n) is 11.7. The van der Waals surface area contributed by atoms with Crippen LogP contribution in [-0.4, -0.2) is 49.2 Å². The molecule has 0 saturated heterocycles. The van der Waals surface area contributed by atoms with Crippen LogP contribution >= 0.6 is 0 Å². The fourth-order valence-corrected chi connectivity index (χ4v) is 4.30. The molecule has 0 unspecified atom stereocenters. The number of benzene rings is 2. The van der Waals surface area contributed by atoms with Gasteiger partial charge in [0, 0.05) is 32.1 Å². The highest BCUT2D eigenvalue weighted by Gasteiger charge is 2.22. The zero-order valence-electron chi connectivity index (χ0n) is 19.5. The number of rotatable bonds is 9. The van der Waals surface area contributed by atoms with Crippen molar-refractivity contribution in [2.45, 2.75) is 38.3 Å². The van der Waals surface area contributed by atoms with E-state index in [1.54, 1.807) is 0 Å². The molecule has 1 amide bonds. The number of anilines is 2. The van der Waals surface area contributed by atoms with E-state index in [-0.39, 0.29) is 12.5 Å². The van der Waals surface area contributed by atoms with E-state index >= 15 is 0 Å². The van der Waals surface area contributed by atoms with E-state index < -0.39 is 0 Å². The predicted molar refractivity (Wildman–Crippen MR) is 132 cm³/mol. The molecule has 1 aliphatic rings. The van der Waals surface area contributed by atoms with Crippen molar-refractivity contribution in [1.29, 1.82) is 0 Å². The van der Waals surface area contributed by atoms with Crippen LogP contribution in [0.25, 0.3) is 10.9 Å². The van der Waals surface area contributed by atoms with Gasteiger partial charge in [-0.05, 0) is 49.3 Å². The van der Waals surface area contributed by atoms with Gasteiger partial charge in [0.25, 0.3) is 0 Å². The number of nitrogens with zero attached hydrogens (tertiary/aromatic N) is 3. The molecule has 33 heavy (non-hydrogen) atoms. The SMILES string of the molecule is CN(C)c1nc(NC2CCC(CNC(=O)COCc3ccccc3)CC2)nc2ccccc12. The predicted octanol–water partition coefficient (Wildman–Crippen LogP) is 4.00. The largest absolute Gasteiger partial charge is 0.367 e. The Morgan fingerprint density at radius 1 is 1.00 bits per heavy atom. The third kappa shape index (κ3) is 6.42. The summed E-state index contributed by atoms with van der Waals surface area (Å²) in [5, 5.41) is 7.63. The summed E-state index contributed by atoms with van der Waals surface area (Å²) >= 11 is 0. The first-order chi connectivity index (χ1) is 16.1. The minimum absolute atomic E-state index is 0.0491. The van der Waals surface area contributed by atoms with Gasteiger partial charge in [-0.25, -0.2) is 4.98 Å². The maximum absolute atomic E-state index is 12.1. The van der Waals surface area contributed by atoms with Crippen molar-refractivity contribution in [3.63, 3.8) is 0 Å². The van der Waals surface area contributed by atoms with Crippen LogP contribution in [0, 0.1) is 5.92 Å². The first-order valence-corrected chi connectivity index (χ1v) is 11.7. The number of carbonyl (C=O) groups is 1. The Morgan fingerprint density at radius 3 is 2.48 bits per heavy atom. The first kappa shape index (κ1) is 23.0. The monoisotopic (exact) mass is 447 g/mol. The third-order valence-electron chi connectivity index (χ3n) is 6.12. The summed E-state index contributed by atoms with van der Waals surface area (Å²) in [4.78, 5) is 23.6. The Balaban J connectivity index is 1.20. The molecule has 1 aromatic heterocycles. The molecular weight excluding hydrogens is 414 g/mol. The van der Waals surface area contributed by atoms with Gasteiger partial charge in [-0.15, -0.1) is 0 Å². The Bertz CT molecular complexity index is 1050. The lowest BCUT2D eigenvalue weighted by molar-refractivity contribution is -0.126. The van der Waals surface area contributed by atoms with E-state index in [2.05, 4.69) is 16.7 Å². The molecule has 0 bridgehead atoms. The highest BCUT2D eigenvalue weighted by atomic mass is 16.5. The quantitative estimate of drug-likeness (QED) is 0.516. The summed E-state index contributed by atoms with van der Waals surface area (Å²) in [7, 11) is 4.01. The van der Waals surface area contributed by atoms with E-state index in [4.69, 9.17) is 14.7 Å². The number of carbonyl (C=O) groups excluding carboxylic acids is 1. The molecule has 7 heteroatoms. The maximum atomic E-state index is 12.1. The molecule has 2 N–H and O–H groups in total. The standard InChI is InChI=1S/C26H33N5O2/c1-31(2)25-22-10-6-7-11-23(22)29-26(30-25)28-21-14-12-19(13-15-21)16-27-24(32)18-33-17-20-8-4-3-5-9-20/h3-11,19,21H,12-18H2,1-2H3,(H,27,32)(H,28,29,30). The lowest BCUT2D eigenvalue weighted by atomic mass is 9.86. The normalized spacial score (nSPS) is 18.1. The van der Waals surface area contributed by atoms with Gasteiger partial charge < -0.3 is 20.3 Å². The Morgan fingerprint density at radius 2 is 1.73 bits per heavy atom. The molecule has 3 aromatic rings. The highest BCUT2D eigenvalue weighted by Crippen LogP contribution is 2.28. The van der Waals surface area contributed by atoms with Gasteiger partial charge in [0.2, 0.25) is 11.9 Å². The van der Waals surface area contributed by atoms with Crippen molar-refractivity contribution in [1.82, 2.24) is 15.3 Å². The fraction of sp³-hybridized carbons (Fsp3) is 0.423. The van der Waals surface area contributed by atoms with Gasteiger partial charge >= 0.3 is 0 Å². The van der Waals surface area contributed by atoms with Crippen LogP contribution in [-0.2, 0) is 16.1 Å². The van der Waals surface area contributed by atoms with E-state index in [1.807, 2.05) is 67.5 Å². The summed E-state index contributed by atoms with van der Waals surface area (Å²) in [6.07, 6.45) is 4.21. The molecule has 1 fully saturated rings. The van der Waals surface area contributed by atoms with Crippen LogP contribution in [0.15, 0.2) is 54.6 Å². The molecule has 1 saturated carbocycles. The van der Waals surface area contributed by atoms with Crippen LogP contribution in [0.3, 0.4) is 0 Å². The van der Waals surface area contributed by atoms with Crippen LogP contribution in [0.5, 0.6) is 0 Å². The Labute approximate surface area is 195 Å². The Kier molecular flexibility index (Phi) is 7.73.